The van der Waals surface area contributed by atoms with Crippen LogP contribution in [0, 0.1) is 0 Å². The second-order valence-electron chi connectivity index (χ2n) is 4.15. The van der Waals surface area contributed by atoms with Crippen molar-refractivity contribution in [2.75, 3.05) is 5.32 Å². The van der Waals surface area contributed by atoms with Gasteiger partial charge in [0.2, 0.25) is 9.84 Å². The van der Waals surface area contributed by atoms with Gasteiger partial charge < -0.3 is 5.32 Å². The molecule has 16 heavy (non-hydrogen) atoms. The summed E-state index contributed by atoms with van der Waals surface area (Å²) in [6.45, 7) is 3.03. The van der Waals surface area contributed by atoms with Gasteiger partial charge in [-0.25, -0.2) is 8.42 Å². The molecule has 0 fully saturated rings. The van der Waals surface area contributed by atoms with Gasteiger partial charge in [-0.3, -0.25) is 4.79 Å². The Labute approximate surface area is 98.5 Å². The standard InChI is InChI=1S/C10H10ClNO3S/c1-10(2)9(13)16(14,15)7-5-3-4-6(11)8(7)12-10/h3-5,12H,1-2H3. The smallest absolute Gasteiger partial charge is 0.275 e. The molecule has 0 unspecified atom stereocenters. The number of fused-ring (bicyclic) bond motifs is 1. The lowest BCUT2D eigenvalue weighted by atomic mass is 10.1. The first-order chi connectivity index (χ1) is 7.27. The highest BCUT2D eigenvalue weighted by Crippen LogP contribution is 2.38. The first kappa shape index (κ1) is 11.4. The minimum atomic E-state index is -3.94. The Bertz CT molecular complexity index is 578. The molecule has 1 aliphatic rings. The molecule has 0 aromatic heterocycles. The zero-order valence-corrected chi connectivity index (χ0v) is 10.3. The van der Waals surface area contributed by atoms with E-state index in [0.29, 0.717) is 10.7 Å². The first-order valence-electron chi connectivity index (χ1n) is 4.63. The lowest BCUT2D eigenvalue weighted by molar-refractivity contribution is -0.114. The number of sulfone groups is 1. The fraction of sp³-hybridized carbons (Fsp3) is 0.300. The third-order valence-corrected chi connectivity index (χ3v) is 4.69. The number of para-hydroxylation sites is 1. The van der Waals surface area contributed by atoms with E-state index in [4.69, 9.17) is 11.6 Å². The van der Waals surface area contributed by atoms with Crippen molar-refractivity contribution < 1.29 is 13.2 Å². The third kappa shape index (κ3) is 1.43. The maximum atomic E-state index is 11.9. The van der Waals surface area contributed by atoms with Crippen LogP contribution in [-0.2, 0) is 14.6 Å². The molecule has 6 heteroatoms. The Kier molecular flexibility index (Phi) is 2.29. The van der Waals surface area contributed by atoms with E-state index in [1.54, 1.807) is 6.07 Å². The molecule has 0 aliphatic carbocycles. The summed E-state index contributed by atoms with van der Waals surface area (Å²) < 4.78 is 23.8. The zero-order chi connectivity index (χ0) is 12.1. The molecule has 0 spiro atoms. The lowest BCUT2D eigenvalue weighted by Crippen LogP contribution is -2.48. The largest absolute Gasteiger partial charge is 0.370 e. The van der Waals surface area contributed by atoms with Crippen LogP contribution in [0.2, 0.25) is 5.02 Å². The molecule has 0 radical (unpaired) electrons. The van der Waals surface area contributed by atoms with Crippen molar-refractivity contribution >= 4 is 32.2 Å². The highest BCUT2D eigenvalue weighted by Gasteiger charge is 2.45. The van der Waals surface area contributed by atoms with Crippen LogP contribution in [0.4, 0.5) is 5.69 Å². The van der Waals surface area contributed by atoms with Crippen molar-refractivity contribution in [3.05, 3.63) is 23.2 Å². The van der Waals surface area contributed by atoms with Crippen LogP contribution in [0.1, 0.15) is 13.8 Å². The normalized spacial score (nSPS) is 21.1. The second kappa shape index (κ2) is 3.21. The van der Waals surface area contributed by atoms with E-state index < -0.39 is 20.5 Å². The number of hydrogen-bond donors (Lipinski definition) is 1. The molecule has 2 rings (SSSR count). The number of carbonyl (C=O) groups is 1. The Morgan fingerprint density at radius 3 is 2.56 bits per heavy atom. The summed E-state index contributed by atoms with van der Waals surface area (Å²) in [5.74, 6) is 0. The van der Waals surface area contributed by atoms with Gasteiger partial charge in [-0.2, -0.15) is 0 Å². The number of anilines is 1. The molecule has 0 bridgehead atoms. The quantitative estimate of drug-likeness (QED) is 0.772. The summed E-state index contributed by atoms with van der Waals surface area (Å²) in [5.41, 5.74) is -0.856. The van der Waals surface area contributed by atoms with Crippen LogP contribution in [0.5, 0.6) is 0 Å². The van der Waals surface area contributed by atoms with Gasteiger partial charge in [0.25, 0.3) is 5.12 Å². The van der Waals surface area contributed by atoms with Gasteiger partial charge in [-0.1, -0.05) is 17.7 Å². The zero-order valence-electron chi connectivity index (χ0n) is 8.74. The van der Waals surface area contributed by atoms with Crippen molar-refractivity contribution in [3.8, 4) is 0 Å². The summed E-state index contributed by atoms with van der Waals surface area (Å²) in [7, 11) is -3.94. The molecule has 1 aromatic rings. The molecule has 1 aliphatic heterocycles. The van der Waals surface area contributed by atoms with Crippen LogP contribution in [-0.4, -0.2) is 19.1 Å². The van der Waals surface area contributed by atoms with Crippen molar-refractivity contribution in [1.82, 2.24) is 0 Å². The maximum absolute atomic E-state index is 11.9. The van der Waals surface area contributed by atoms with Crippen LogP contribution >= 0.6 is 11.6 Å². The molecule has 0 amide bonds. The van der Waals surface area contributed by atoms with Crippen LogP contribution in [0.3, 0.4) is 0 Å². The Morgan fingerprint density at radius 1 is 1.31 bits per heavy atom. The number of nitrogens with one attached hydrogen (secondary N) is 1. The van der Waals surface area contributed by atoms with E-state index >= 15 is 0 Å². The van der Waals surface area contributed by atoms with E-state index in [2.05, 4.69) is 5.32 Å². The van der Waals surface area contributed by atoms with Crippen LogP contribution in [0.25, 0.3) is 0 Å². The molecule has 1 aromatic carbocycles. The van der Waals surface area contributed by atoms with E-state index in [-0.39, 0.29) is 4.90 Å². The van der Waals surface area contributed by atoms with Gasteiger partial charge in [-0.15, -0.1) is 0 Å². The summed E-state index contributed by atoms with van der Waals surface area (Å²) in [5, 5.41) is 2.30. The van der Waals surface area contributed by atoms with Crippen molar-refractivity contribution in [2.24, 2.45) is 0 Å². The predicted octanol–water partition coefficient (Wildman–Crippen LogP) is 1.84. The molecule has 1 N–H and O–H groups in total. The van der Waals surface area contributed by atoms with Gasteiger partial charge in [0.15, 0.2) is 0 Å². The number of rotatable bonds is 0. The molecule has 0 saturated heterocycles. The predicted molar refractivity (Wildman–Crippen MR) is 61.3 cm³/mol. The summed E-state index contributed by atoms with van der Waals surface area (Å²) >= 11 is 5.91. The lowest BCUT2D eigenvalue weighted by Gasteiger charge is -2.31. The minimum absolute atomic E-state index is 0.0516. The van der Waals surface area contributed by atoms with E-state index in [9.17, 15) is 13.2 Å². The molecule has 1 heterocycles. The molecule has 86 valence electrons. The fourth-order valence-electron chi connectivity index (χ4n) is 1.65. The van der Waals surface area contributed by atoms with Gasteiger partial charge in [-0.05, 0) is 26.0 Å². The number of halogens is 1. The first-order valence-corrected chi connectivity index (χ1v) is 6.49. The van der Waals surface area contributed by atoms with Gasteiger partial charge in [0.1, 0.15) is 5.54 Å². The second-order valence-corrected chi connectivity index (χ2v) is 6.38. The molecule has 0 saturated carbocycles. The van der Waals surface area contributed by atoms with Crippen molar-refractivity contribution in [2.45, 2.75) is 24.3 Å². The molecular formula is C10H10ClNO3S. The number of hydrogen-bond acceptors (Lipinski definition) is 4. The topological polar surface area (TPSA) is 63.2 Å². The highest BCUT2D eigenvalue weighted by atomic mass is 35.5. The minimum Gasteiger partial charge on any atom is -0.370 e. The van der Waals surface area contributed by atoms with E-state index in [0.717, 1.165) is 0 Å². The number of benzene rings is 1. The average molecular weight is 260 g/mol. The Hall–Kier alpha value is -1.07. The van der Waals surface area contributed by atoms with Crippen LogP contribution < -0.4 is 5.32 Å². The third-order valence-electron chi connectivity index (χ3n) is 2.46. The monoisotopic (exact) mass is 259 g/mol. The van der Waals surface area contributed by atoms with E-state index in [1.165, 1.54) is 26.0 Å². The van der Waals surface area contributed by atoms with E-state index in [1.807, 2.05) is 0 Å². The molecule has 4 nitrogen and oxygen atoms in total. The average Bonchev–Trinajstić information content (AvgIpc) is 2.17. The van der Waals surface area contributed by atoms with Gasteiger partial charge in [0, 0.05) is 0 Å². The molecular weight excluding hydrogens is 250 g/mol. The Morgan fingerprint density at radius 2 is 1.94 bits per heavy atom. The van der Waals surface area contributed by atoms with Gasteiger partial charge >= 0.3 is 0 Å². The summed E-state index contributed by atoms with van der Waals surface area (Å²) in [6, 6.07) is 4.46. The summed E-state index contributed by atoms with van der Waals surface area (Å²) in [4.78, 5) is 11.7. The maximum Gasteiger partial charge on any atom is 0.275 e. The Balaban J connectivity index is 2.82. The number of carbonyl (C=O) groups excluding carboxylic acids is 1. The van der Waals surface area contributed by atoms with Gasteiger partial charge in [0.05, 0.1) is 15.6 Å². The highest BCUT2D eigenvalue weighted by molar-refractivity contribution is 8.06. The fourth-order valence-corrected chi connectivity index (χ4v) is 3.54. The SMILES string of the molecule is CC1(C)Nc2c(Cl)cccc2S(=O)(=O)C1=O. The molecule has 0 atom stereocenters. The summed E-state index contributed by atoms with van der Waals surface area (Å²) in [6.07, 6.45) is 0. The van der Waals surface area contributed by atoms with Crippen molar-refractivity contribution in [1.29, 1.82) is 0 Å². The van der Waals surface area contributed by atoms with Crippen molar-refractivity contribution in [3.63, 3.8) is 0 Å². The van der Waals surface area contributed by atoms with Crippen LogP contribution in [0.15, 0.2) is 23.1 Å².